The summed E-state index contributed by atoms with van der Waals surface area (Å²) in [7, 11) is 5.93. The number of carbonyl (C=O) groups is 3. The van der Waals surface area contributed by atoms with Crippen molar-refractivity contribution in [3.63, 3.8) is 0 Å². The van der Waals surface area contributed by atoms with Crippen LogP contribution in [-0.4, -0.2) is 82.3 Å². The number of carbonyl (C=O) groups excluding carboxylic acids is 3. The normalized spacial score (nSPS) is 13.5. The number of aliphatic carboxylic acids is 1. The minimum Gasteiger partial charge on any atom is -0.545 e. The molecule has 0 aliphatic carbocycles. The fourth-order valence-corrected chi connectivity index (χ4v) is 9.12. The third-order valence-electron chi connectivity index (χ3n) is 14.2. The molecule has 0 aromatic carbocycles. The zero-order valence-electron chi connectivity index (χ0n) is 54.0. The Hall–Kier alpha value is -4.31. The summed E-state index contributed by atoms with van der Waals surface area (Å²) in [5, 5.41) is 11.8. The Bertz CT molecular complexity index is 1780. The van der Waals surface area contributed by atoms with Crippen LogP contribution in [0.5, 0.6) is 0 Å². The zero-order chi connectivity index (χ0) is 60.5. The lowest BCUT2D eigenvalue weighted by Gasteiger charge is -2.26. The van der Waals surface area contributed by atoms with Gasteiger partial charge in [-0.15, -0.1) is 0 Å². The third-order valence-corrected chi connectivity index (χ3v) is 14.2. The molecule has 474 valence electrons. The monoisotopic (exact) mass is 1160 g/mol. The molecule has 0 saturated carbocycles. The van der Waals surface area contributed by atoms with Crippen LogP contribution >= 0.6 is 0 Å². The van der Waals surface area contributed by atoms with Crippen molar-refractivity contribution in [3.8, 4) is 0 Å². The summed E-state index contributed by atoms with van der Waals surface area (Å²) in [5.74, 6) is -2.29. The standard InChI is InChI=1S/C74H125NO8/c1-6-8-10-12-14-16-18-20-22-24-26-28-30-32-34-35-36-37-39-41-43-45-47-49-51-53-55-57-59-61-63-65-72(77)83-70(69-82-74(73(78)79)80-67-66-75(3,4)5)68-81-71(76)64-62-60-58-56-54-52-50-48-46-44-42-40-38-33-31-29-27-25-23-21-19-17-15-13-11-9-7-2/h8-11,14-17,20-23,26-29,32-34,38,70,74H,6-7,12-13,18-19,24-25,30-31,35-37,39-69H2,1-5H3/b10-8-,11-9-,16-14-,17-15-,22-20-,23-21-,28-26-,29-27-,34-32-,38-33-. The first kappa shape index (κ1) is 78.7. The average molecular weight is 1160 g/mol. The van der Waals surface area contributed by atoms with E-state index in [0.717, 1.165) is 103 Å². The van der Waals surface area contributed by atoms with Crippen LogP contribution in [0.25, 0.3) is 0 Å². The number of hydrogen-bond donors (Lipinski definition) is 0. The quantitative estimate of drug-likeness (QED) is 0.0195. The van der Waals surface area contributed by atoms with Gasteiger partial charge < -0.3 is 33.3 Å². The Kier molecular flexibility index (Phi) is 60.4. The van der Waals surface area contributed by atoms with E-state index in [4.69, 9.17) is 18.9 Å². The number of carboxylic acids is 1. The van der Waals surface area contributed by atoms with Gasteiger partial charge >= 0.3 is 11.9 Å². The van der Waals surface area contributed by atoms with Crippen molar-refractivity contribution in [3.05, 3.63) is 122 Å². The number of likely N-dealkylation sites (N-methyl/N-ethyl adjacent to an activating group) is 1. The summed E-state index contributed by atoms with van der Waals surface area (Å²) in [6, 6.07) is 0. The van der Waals surface area contributed by atoms with Crippen LogP contribution in [0.2, 0.25) is 0 Å². The molecule has 0 saturated heterocycles. The van der Waals surface area contributed by atoms with Gasteiger partial charge in [-0.2, -0.15) is 0 Å². The van der Waals surface area contributed by atoms with Crippen LogP contribution < -0.4 is 5.11 Å². The van der Waals surface area contributed by atoms with Crippen LogP contribution in [0.1, 0.15) is 271 Å². The van der Waals surface area contributed by atoms with Gasteiger partial charge in [-0.05, 0) is 103 Å². The molecular formula is C74H125NO8. The second kappa shape index (κ2) is 63.7. The SMILES string of the molecule is CC/C=C\C/C=C\C/C=C\C/C=C\C/C=C\CCCCCCCCCCCCCCCCCC(=O)OC(COC(=O)CCCCCCCCCCCCC/C=C\C/C=C\C/C=C\C/C=C\C/C=C\CC)COC(OCC[N+](C)(C)C)C(=O)[O-]. The van der Waals surface area contributed by atoms with Crippen molar-refractivity contribution >= 4 is 17.9 Å². The molecule has 0 aromatic heterocycles. The van der Waals surface area contributed by atoms with Crippen LogP contribution in [0, 0.1) is 0 Å². The highest BCUT2D eigenvalue weighted by atomic mass is 16.7. The lowest BCUT2D eigenvalue weighted by atomic mass is 10.0. The third kappa shape index (κ3) is 65.1. The number of hydrogen-bond acceptors (Lipinski definition) is 8. The molecule has 0 aliphatic heterocycles. The van der Waals surface area contributed by atoms with E-state index in [1.54, 1.807) is 0 Å². The summed E-state index contributed by atoms with van der Waals surface area (Å²) >= 11 is 0. The van der Waals surface area contributed by atoms with Crippen molar-refractivity contribution < 1.29 is 42.9 Å². The fourth-order valence-electron chi connectivity index (χ4n) is 9.12. The molecule has 0 amide bonds. The Balaban J connectivity index is 4.16. The zero-order valence-corrected chi connectivity index (χ0v) is 54.0. The highest BCUT2D eigenvalue weighted by Gasteiger charge is 2.22. The molecule has 2 unspecified atom stereocenters. The summed E-state index contributed by atoms with van der Waals surface area (Å²) in [5.41, 5.74) is 0. The smallest absolute Gasteiger partial charge is 0.306 e. The van der Waals surface area contributed by atoms with Gasteiger partial charge in [-0.25, -0.2) is 0 Å². The molecule has 83 heavy (non-hydrogen) atoms. The van der Waals surface area contributed by atoms with E-state index >= 15 is 0 Å². The largest absolute Gasteiger partial charge is 0.545 e. The van der Waals surface area contributed by atoms with Crippen molar-refractivity contribution in [2.75, 3.05) is 47.5 Å². The number of rotatable bonds is 61. The molecule has 0 radical (unpaired) electrons. The Morgan fingerprint density at radius 1 is 0.361 bits per heavy atom. The topological polar surface area (TPSA) is 111 Å². The van der Waals surface area contributed by atoms with Crippen molar-refractivity contribution in [2.24, 2.45) is 0 Å². The van der Waals surface area contributed by atoms with E-state index in [1.807, 2.05) is 21.1 Å². The van der Waals surface area contributed by atoms with Crippen LogP contribution in [-0.2, 0) is 33.3 Å². The highest BCUT2D eigenvalue weighted by molar-refractivity contribution is 5.70. The lowest BCUT2D eigenvalue weighted by Crippen LogP contribution is -2.44. The number of carboxylic acid groups (broad SMARTS) is 1. The van der Waals surface area contributed by atoms with Gasteiger partial charge in [0, 0.05) is 12.8 Å². The van der Waals surface area contributed by atoms with Gasteiger partial charge in [0.1, 0.15) is 13.2 Å². The summed E-state index contributed by atoms with van der Waals surface area (Å²) in [6.07, 6.45) is 86.9. The number of unbranched alkanes of at least 4 members (excludes halogenated alkanes) is 26. The molecule has 0 bridgehead atoms. The van der Waals surface area contributed by atoms with E-state index in [0.29, 0.717) is 17.4 Å². The van der Waals surface area contributed by atoms with Crippen molar-refractivity contribution in [1.29, 1.82) is 0 Å². The van der Waals surface area contributed by atoms with Gasteiger partial charge in [0.15, 0.2) is 12.4 Å². The predicted octanol–water partition coefficient (Wildman–Crippen LogP) is 19.5. The first-order chi connectivity index (χ1) is 40.6. The molecule has 0 aliphatic rings. The molecule has 0 fully saturated rings. The van der Waals surface area contributed by atoms with Gasteiger partial charge in [0.2, 0.25) is 0 Å². The summed E-state index contributed by atoms with van der Waals surface area (Å²) < 4.78 is 22.8. The summed E-state index contributed by atoms with van der Waals surface area (Å²) in [6.45, 7) is 4.53. The first-order valence-corrected chi connectivity index (χ1v) is 33.7. The van der Waals surface area contributed by atoms with Crippen molar-refractivity contribution in [1.82, 2.24) is 0 Å². The maximum atomic E-state index is 12.9. The van der Waals surface area contributed by atoms with Crippen LogP contribution in [0.4, 0.5) is 0 Å². The van der Waals surface area contributed by atoms with Crippen LogP contribution in [0.15, 0.2) is 122 Å². The molecular weight excluding hydrogens is 1030 g/mol. The highest BCUT2D eigenvalue weighted by Crippen LogP contribution is 2.17. The lowest BCUT2D eigenvalue weighted by molar-refractivity contribution is -0.870. The van der Waals surface area contributed by atoms with E-state index < -0.39 is 24.3 Å². The molecule has 9 heteroatoms. The maximum Gasteiger partial charge on any atom is 0.306 e. The second-order valence-electron chi connectivity index (χ2n) is 23.3. The maximum absolute atomic E-state index is 12.9. The van der Waals surface area contributed by atoms with Crippen molar-refractivity contribution in [2.45, 2.75) is 283 Å². The summed E-state index contributed by atoms with van der Waals surface area (Å²) in [4.78, 5) is 37.5. The molecule has 0 aromatic rings. The second-order valence-corrected chi connectivity index (χ2v) is 23.3. The first-order valence-electron chi connectivity index (χ1n) is 33.7. The Morgan fingerprint density at radius 3 is 0.964 bits per heavy atom. The van der Waals surface area contributed by atoms with Gasteiger partial charge in [-0.1, -0.05) is 277 Å². The van der Waals surface area contributed by atoms with E-state index in [1.165, 1.54) is 135 Å². The molecule has 0 N–H and O–H groups in total. The average Bonchev–Trinajstić information content (AvgIpc) is 3.46. The van der Waals surface area contributed by atoms with Gasteiger partial charge in [0.25, 0.3) is 0 Å². The molecule has 0 heterocycles. The molecule has 9 nitrogen and oxygen atoms in total. The Labute approximate surface area is 510 Å². The Morgan fingerprint density at radius 2 is 0.651 bits per heavy atom. The van der Waals surface area contributed by atoms with E-state index in [-0.39, 0.29) is 38.6 Å². The number of nitrogens with zero attached hydrogens (tertiary/aromatic N) is 1. The number of esters is 2. The van der Waals surface area contributed by atoms with Gasteiger partial charge in [0.05, 0.1) is 40.3 Å². The van der Waals surface area contributed by atoms with Gasteiger partial charge in [-0.3, -0.25) is 9.59 Å². The predicted molar refractivity (Wildman–Crippen MR) is 352 cm³/mol. The number of quaternary nitrogens is 1. The fraction of sp³-hybridized carbons (Fsp3) is 0.689. The molecule has 0 rings (SSSR count). The van der Waals surface area contributed by atoms with E-state index in [2.05, 4.69) is 135 Å². The molecule has 0 spiro atoms. The minimum atomic E-state index is -1.63. The minimum absolute atomic E-state index is 0.143. The number of ether oxygens (including phenoxy) is 4. The van der Waals surface area contributed by atoms with Crippen LogP contribution in [0.3, 0.4) is 0 Å². The molecule has 2 atom stereocenters. The van der Waals surface area contributed by atoms with E-state index in [9.17, 15) is 19.5 Å². The number of allylic oxidation sites excluding steroid dienone is 20.